The van der Waals surface area contributed by atoms with Crippen molar-refractivity contribution in [2.24, 2.45) is 0 Å². The lowest BCUT2D eigenvalue weighted by Crippen LogP contribution is -1.99. The van der Waals surface area contributed by atoms with Gasteiger partial charge in [0.1, 0.15) is 5.75 Å². The molecule has 16 heavy (non-hydrogen) atoms. The molecule has 2 nitrogen and oxygen atoms in total. The lowest BCUT2D eigenvalue weighted by Gasteiger charge is -2.11. The average molecular weight is 217 g/mol. The fraction of sp³-hybridized carbons (Fsp3) is 0.500. The first-order valence-corrected chi connectivity index (χ1v) is 5.87. The van der Waals surface area contributed by atoms with Gasteiger partial charge >= 0.3 is 0 Å². The van der Waals surface area contributed by atoms with Gasteiger partial charge in [0.05, 0.1) is 12.7 Å². The van der Waals surface area contributed by atoms with Crippen molar-refractivity contribution in [2.75, 3.05) is 6.61 Å². The maximum absolute atomic E-state index is 8.53. The summed E-state index contributed by atoms with van der Waals surface area (Å²) in [5.41, 5.74) is 2.47. The molecular formula is C14H19NO. The predicted molar refractivity (Wildman–Crippen MR) is 65.5 cm³/mol. The Morgan fingerprint density at radius 3 is 2.88 bits per heavy atom. The van der Waals surface area contributed by atoms with Gasteiger partial charge < -0.3 is 4.74 Å². The molecule has 0 heterocycles. The van der Waals surface area contributed by atoms with Gasteiger partial charge in [-0.1, -0.05) is 24.6 Å². The highest BCUT2D eigenvalue weighted by Gasteiger charge is 2.03. The Morgan fingerprint density at radius 1 is 1.38 bits per heavy atom. The molecule has 1 aromatic rings. The normalized spacial score (nSPS) is 9.81. The average Bonchev–Trinajstić information content (AvgIpc) is 2.28. The van der Waals surface area contributed by atoms with Crippen molar-refractivity contribution in [2.45, 2.75) is 39.5 Å². The third kappa shape index (κ3) is 3.94. The van der Waals surface area contributed by atoms with E-state index in [0.29, 0.717) is 6.42 Å². The van der Waals surface area contributed by atoms with Crippen molar-refractivity contribution in [3.8, 4) is 11.8 Å². The largest absolute Gasteiger partial charge is 0.493 e. The quantitative estimate of drug-likeness (QED) is 0.682. The minimum atomic E-state index is 0.612. The highest BCUT2D eigenvalue weighted by Crippen LogP contribution is 2.22. The van der Waals surface area contributed by atoms with E-state index in [0.717, 1.165) is 31.6 Å². The van der Waals surface area contributed by atoms with Gasteiger partial charge in [-0.15, -0.1) is 0 Å². The number of nitrogens with zero attached hydrogens (tertiary/aromatic N) is 1. The molecule has 0 amide bonds. The number of unbranched alkanes of at least 4 members (excludes halogenated alkanes) is 1. The minimum Gasteiger partial charge on any atom is -0.493 e. The summed E-state index contributed by atoms with van der Waals surface area (Å²) in [6.07, 6.45) is 3.46. The van der Waals surface area contributed by atoms with E-state index in [1.807, 2.05) is 6.07 Å². The van der Waals surface area contributed by atoms with Gasteiger partial charge in [0.25, 0.3) is 0 Å². The van der Waals surface area contributed by atoms with Crippen LogP contribution in [-0.2, 0) is 6.42 Å². The molecule has 0 aliphatic carbocycles. The van der Waals surface area contributed by atoms with E-state index < -0.39 is 0 Å². The monoisotopic (exact) mass is 217 g/mol. The van der Waals surface area contributed by atoms with E-state index in [2.05, 4.69) is 32.0 Å². The van der Waals surface area contributed by atoms with Crippen LogP contribution in [0.25, 0.3) is 0 Å². The first kappa shape index (κ1) is 12.6. The summed E-state index contributed by atoms with van der Waals surface area (Å²) in [4.78, 5) is 0. The third-order valence-electron chi connectivity index (χ3n) is 2.41. The van der Waals surface area contributed by atoms with Crippen LogP contribution < -0.4 is 4.74 Å². The Kier molecular flexibility index (Phi) is 5.42. The maximum Gasteiger partial charge on any atom is 0.122 e. The highest BCUT2D eigenvalue weighted by molar-refractivity contribution is 5.37. The molecule has 0 aromatic heterocycles. The molecule has 0 bridgehead atoms. The number of hydrogen-bond acceptors (Lipinski definition) is 2. The van der Waals surface area contributed by atoms with Gasteiger partial charge in [-0.05, 0) is 37.8 Å². The molecule has 0 aliphatic rings. The molecule has 0 radical (unpaired) electrons. The lowest BCUT2D eigenvalue weighted by atomic mass is 10.0. The molecule has 1 rings (SSSR count). The Bertz CT molecular complexity index is 365. The van der Waals surface area contributed by atoms with Crippen molar-refractivity contribution in [3.63, 3.8) is 0 Å². The van der Waals surface area contributed by atoms with E-state index in [1.54, 1.807) is 0 Å². The SMILES string of the molecule is CCCOc1ccc(C)cc1CCCC#N. The number of nitriles is 1. The number of ether oxygens (including phenoxy) is 1. The maximum atomic E-state index is 8.53. The summed E-state index contributed by atoms with van der Waals surface area (Å²) < 4.78 is 5.69. The second kappa shape index (κ2) is 6.90. The highest BCUT2D eigenvalue weighted by atomic mass is 16.5. The summed E-state index contributed by atoms with van der Waals surface area (Å²) >= 11 is 0. The van der Waals surface area contributed by atoms with E-state index in [4.69, 9.17) is 10.00 Å². The van der Waals surface area contributed by atoms with Crippen LogP contribution in [0.2, 0.25) is 0 Å². The molecule has 0 fully saturated rings. The fourth-order valence-corrected chi connectivity index (χ4v) is 1.61. The number of aryl methyl sites for hydroxylation is 2. The van der Waals surface area contributed by atoms with Crippen molar-refractivity contribution < 1.29 is 4.74 Å². The number of hydrogen-bond donors (Lipinski definition) is 0. The van der Waals surface area contributed by atoms with Gasteiger partial charge in [0, 0.05) is 6.42 Å². The minimum absolute atomic E-state index is 0.612. The third-order valence-corrected chi connectivity index (χ3v) is 2.41. The second-order valence-corrected chi connectivity index (χ2v) is 3.97. The van der Waals surface area contributed by atoms with Gasteiger partial charge in [-0.25, -0.2) is 0 Å². The van der Waals surface area contributed by atoms with Crippen molar-refractivity contribution in [1.82, 2.24) is 0 Å². The summed E-state index contributed by atoms with van der Waals surface area (Å²) in [6.45, 7) is 4.94. The Morgan fingerprint density at radius 2 is 2.19 bits per heavy atom. The zero-order valence-electron chi connectivity index (χ0n) is 10.1. The van der Waals surface area contributed by atoms with E-state index >= 15 is 0 Å². The first-order chi connectivity index (χ1) is 7.77. The summed E-state index contributed by atoms with van der Waals surface area (Å²) in [5.74, 6) is 0.977. The molecule has 2 heteroatoms. The summed E-state index contributed by atoms with van der Waals surface area (Å²) in [5, 5.41) is 8.53. The standard InChI is InChI=1S/C14H19NO/c1-3-10-16-14-8-7-12(2)11-13(14)6-4-5-9-15/h7-8,11H,3-6,10H2,1-2H3. The molecular weight excluding hydrogens is 198 g/mol. The van der Waals surface area contributed by atoms with Crippen LogP contribution in [0.4, 0.5) is 0 Å². The molecule has 0 N–H and O–H groups in total. The predicted octanol–water partition coefficient (Wildman–Crippen LogP) is 3.63. The van der Waals surface area contributed by atoms with E-state index in [9.17, 15) is 0 Å². The van der Waals surface area contributed by atoms with Gasteiger partial charge in [-0.2, -0.15) is 5.26 Å². The lowest BCUT2D eigenvalue weighted by molar-refractivity contribution is 0.314. The molecule has 86 valence electrons. The Hall–Kier alpha value is -1.49. The molecule has 0 unspecified atom stereocenters. The van der Waals surface area contributed by atoms with Crippen molar-refractivity contribution >= 4 is 0 Å². The Balaban J connectivity index is 2.69. The van der Waals surface area contributed by atoms with Gasteiger partial charge in [0.2, 0.25) is 0 Å². The first-order valence-electron chi connectivity index (χ1n) is 5.87. The number of rotatable bonds is 6. The van der Waals surface area contributed by atoms with Crippen LogP contribution in [0.5, 0.6) is 5.75 Å². The smallest absolute Gasteiger partial charge is 0.122 e. The van der Waals surface area contributed by atoms with E-state index in [1.165, 1.54) is 11.1 Å². The topological polar surface area (TPSA) is 33.0 Å². The zero-order chi connectivity index (χ0) is 11.8. The van der Waals surface area contributed by atoms with Crippen LogP contribution in [-0.4, -0.2) is 6.61 Å². The molecule has 1 aromatic carbocycles. The fourth-order valence-electron chi connectivity index (χ4n) is 1.61. The molecule has 0 aliphatic heterocycles. The van der Waals surface area contributed by atoms with Crippen LogP contribution in [0.1, 0.15) is 37.3 Å². The zero-order valence-corrected chi connectivity index (χ0v) is 10.1. The molecule has 0 spiro atoms. The summed E-state index contributed by atoms with van der Waals surface area (Å²) in [7, 11) is 0. The Labute approximate surface area is 97.9 Å². The second-order valence-electron chi connectivity index (χ2n) is 3.97. The van der Waals surface area contributed by atoms with Crippen LogP contribution >= 0.6 is 0 Å². The van der Waals surface area contributed by atoms with Crippen molar-refractivity contribution in [3.05, 3.63) is 29.3 Å². The van der Waals surface area contributed by atoms with Crippen LogP contribution in [0.15, 0.2) is 18.2 Å². The van der Waals surface area contributed by atoms with Crippen LogP contribution in [0, 0.1) is 18.3 Å². The molecule has 0 saturated heterocycles. The van der Waals surface area contributed by atoms with Gasteiger partial charge in [-0.3, -0.25) is 0 Å². The van der Waals surface area contributed by atoms with Crippen LogP contribution in [0.3, 0.4) is 0 Å². The number of benzene rings is 1. The molecule has 0 saturated carbocycles. The summed E-state index contributed by atoms with van der Waals surface area (Å²) in [6, 6.07) is 8.43. The van der Waals surface area contributed by atoms with Gasteiger partial charge in [0.15, 0.2) is 0 Å². The molecule has 0 atom stereocenters. The van der Waals surface area contributed by atoms with E-state index in [-0.39, 0.29) is 0 Å². The van der Waals surface area contributed by atoms with Crippen molar-refractivity contribution in [1.29, 1.82) is 5.26 Å².